The predicted octanol–water partition coefficient (Wildman–Crippen LogP) is 5.42. The van der Waals surface area contributed by atoms with Crippen molar-refractivity contribution >= 4 is 67.6 Å². The van der Waals surface area contributed by atoms with Crippen molar-refractivity contribution in [1.82, 2.24) is 0 Å². The van der Waals surface area contributed by atoms with Crippen molar-refractivity contribution in [3.8, 4) is 0 Å². The molecule has 0 atom stereocenters. The molecule has 0 fully saturated rings. The second-order valence-corrected chi connectivity index (χ2v) is 7.79. The lowest BCUT2D eigenvalue weighted by molar-refractivity contribution is 0.104. The van der Waals surface area contributed by atoms with Crippen LogP contribution in [0.5, 0.6) is 0 Å². The number of thiophene rings is 2. The highest BCUT2D eigenvalue weighted by molar-refractivity contribution is 9.11. The molecule has 0 aliphatic carbocycles. The molecule has 0 bridgehead atoms. The van der Waals surface area contributed by atoms with E-state index in [1.54, 1.807) is 6.07 Å². The zero-order chi connectivity index (χ0) is 11.9. The zero-order valence-electron chi connectivity index (χ0n) is 8.01. The quantitative estimate of drug-likeness (QED) is 0.657. The van der Waals surface area contributed by atoms with Gasteiger partial charge in [0.05, 0.1) is 18.6 Å². The maximum Gasteiger partial charge on any atom is 0.205 e. The van der Waals surface area contributed by atoms with Crippen molar-refractivity contribution in [3.05, 3.63) is 40.6 Å². The van der Waals surface area contributed by atoms with Gasteiger partial charge in [-0.3, -0.25) is 4.79 Å². The zero-order valence-corrected chi connectivity index (χ0v) is 12.7. The molecular weight excluding hydrogens is 351 g/mol. The number of carbonyl (C=O) groups excluding carboxylic acids is 1. The van der Waals surface area contributed by atoms with E-state index in [0.29, 0.717) is 19.1 Å². The number of hydrogen-bond acceptors (Lipinski definition) is 3. The van der Waals surface area contributed by atoms with Gasteiger partial charge in [-0.1, -0.05) is 23.2 Å². The molecule has 0 saturated carbocycles. The molecule has 0 N–H and O–H groups in total. The van der Waals surface area contributed by atoms with Crippen molar-refractivity contribution in [2.24, 2.45) is 0 Å². The molecule has 2 heterocycles. The molecule has 6 heteroatoms. The van der Waals surface area contributed by atoms with Gasteiger partial charge in [0.2, 0.25) is 5.78 Å². The molecule has 2 aromatic rings. The van der Waals surface area contributed by atoms with Gasteiger partial charge < -0.3 is 0 Å². The molecular formula is C10H5BrCl2OS2. The molecule has 0 unspecified atom stereocenters. The first kappa shape index (κ1) is 12.6. The van der Waals surface area contributed by atoms with Crippen LogP contribution in [0.1, 0.15) is 20.8 Å². The van der Waals surface area contributed by atoms with Gasteiger partial charge in [0.15, 0.2) is 0 Å². The Kier molecular flexibility index (Phi) is 3.76. The van der Waals surface area contributed by atoms with Crippen LogP contribution in [-0.2, 0) is 0 Å². The van der Waals surface area contributed by atoms with E-state index >= 15 is 0 Å². The second-order valence-electron chi connectivity index (χ2n) is 3.13. The minimum Gasteiger partial charge on any atom is -0.288 e. The van der Waals surface area contributed by atoms with Crippen molar-refractivity contribution < 1.29 is 4.79 Å². The van der Waals surface area contributed by atoms with E-state index in [2.05, 4.69) is 15.9 Å². The number of halogens is 3. The Morgan fingerprint density at radius 2 is 2.00 bits per heavy atom. The van der Waals surface area contributed by atoms with Gasteiger partial charge >= 0.3 is 0 Å². The Morgan fingerprint density at radius 3 is 2.44 bits per heavy atom. The van der Waals surface area contributed by atoms with Crippen LogP contribution in [0.15, 0.2) is 15.9 Å². The Hall–Kier alpha value is 0.130. The molecule has 16 heavy (non-hydrogen) atoms. The maximum atomic E-state index is 12.1. The molecule has 0 saturated heterocycles. The van der Waals surface area contributed by atoms with Crippen molar-refractivity contribution in [1.29, 1.82) is 0 Å². The first-order valence-corrected chi connectivity index (χ1v) is 7.42. The summed E-state index contributed by atoms with van der Waals surface area (Å²) in [5, 5.41) is 0. The number of aryl methyl sites for hydroxylation is 1. The van der Waals surface area contributed by atoms with E-state index in [1.165, 1.54) is 22.7 Å². The number of hydrogen-bond donors (Lipinski definition) is 0. The summed E-state index contributed by atoms with van der Waals surface area (Å²) in [6.07, 6.45) is 0. The van der Waals surface area contributed by atoms with Gasteiger partial charge in [-0.05, 0) is 40.5 Å². The largest absolute Gasteiger partial charge is 0.288 e. The fraction of sp³-hybridized carbons (Fsp3) is 0.100. The molecule has 0 aromatic carbocycles. The molecule has 0 aliphatic rings. The smallest absolute Gasteiger partial charge is 0.205 e. The third-order valence-electron chi connectivity index (χ3n) is 1.98. The normalized spacial score (nSPS) is 10.8. The monoisotopic (exact) mass is 354 g/mol. The average molecular weight is 356 g/mol. The van der Waals surface area contributed by atoms with E-state index in [1.807, 2.05) is 13.0 Å². The summed E-state index contributed by atoms with van der Waals surface area (Å²) in [7, 11) is 0. The molecule has 0 spiro atoms. The summed E-state index contributed by atoms with van der Waals surface area (Å²) in [6, 6.07) is 3.46. The van der Waals surface area contributed by atoms with Gasteiger partial charge in [-0.2, -0.15) is 0 Å². The second kappa shape index (κ2) is 4.78. The molecule has 1 nitrogen and oxygen atoms in total. The van der Waals surface area contributed by atoms with Gasteiger partial charge in [0.25, 0.3) is 0 Å². The average Bonchev–Trinajstić information content (AvgIpc) is 2.70. The lowest BCUT2D eigenvalue weighted by atomic mass is 10.2. The third-order valence-corrected chi connectivity index (χ3v) is 5.61. The summed E-state index contributed by atoms with van der Waals surface area (Å²) >= 11 is 17.8. The molecule has 0 aliphatic heterocycles. The number of carbonyl (C=O) groups is 1. The molecule has 2 rings (SSSR count). The lowest BCUT2D eigenvalue weighted by Gasteiger charge is -1.93. The Bertz CT molecular complexity index is 540. The molecule has 0 amide bonds. The van der Waals surface area contributed by atoms with E-state index < -0.39 is 0 Å². The summed E-state index contributed by atoms with van der Waals surface area (Å²) in [5.74, 6) is -0.0769. The summed E-state index contributed by atoms with van der Waals surface area (Å²) in [5.41, 5.74) is 1.52. The van der Waals surface area contributed by atoms with Crippen LogP contribution in [0.4, 0.5) is 0 Å². The number of rotatable bonds is 2. The van der Waals surface area contributed by atoms with Gasteiger partial charge in [0.1, 0.15) is 4.34 Å². The molecule has 2 aromatic heterocycles. The highest BCUT2D eigenvalue weighted by Gasteiger charge is 2.18. The van der Waals surface area contributed by atoms with Gasteiger partial charge in [-0.25, -0.2) is 0 Å². The van der Waals surface area contributed by atoms with Crippen LogP contribution < -0.4 is 0 Å². The van der Waals surface area contributed by atoms with E-state index in [4.69, 9.17) is 23.2 Å². The predicted molar refractivity (Wildman–Crippen MR) is 74.5 cm³/mol. The summed E-state index contributed by atoms with van der Waals surface area (Å²) in [6.45, 7) is 1.94. The minimum atomic E-state index is -0.0769. The van der Waals surface area contributed by atoms with E-state index in [9.17, 15) is 4.79 Å². The van der Waals surface area contributed by atoms with Crippen LogP contribution in [0, 0.1) is 6.92 Å². The first-order chi connectivity index (χ1) is 7.49. The van der Waals surface area contributed by atoms with Crippen molar-refractivity contribution in [2.75, 3.05) is 0 Å². The van der Waals surface area contributed by atoms with Crippen molar-refractivity contribution in [2.45, 2.75) is 6.92 Å². The van der Waals surface area contributed by atoms with Crippen LogP contribution in [0.3, 0.4) is 0 Å². The highest BCUT2D eigenvalue weighted by atomic mass is 79.9. The third kappa shape index (κ3) is 2.36. The maximum absolute atomic E-state index is 12.1. The lowest BCUT2D eigenvalue weighted by Crippen LogP contribution is -1.96. The van der Waals surface area contributed by atoms with E-state index in [0.717, 1.165) is 9.35 Å². The fourth-order valence-corrected chi connectivity index (χ4v) is 4.15. The number of ketones is 1. The van der Waals surface area contributed by atoms with Gasteiger partial charge in [0, 0.05) is 0 Å². The van der Waals surface area contributed by atoms with Gasteiger partial charge in [-0.15, -0.1) is 22.7 Å². The minimum absolute atomic E-state index is 0.0769. The Balaban J connectivity index is 2.42. The molecule has 0 radical (unpaired) electrons. The summed E-state index contributed by atoms with van der Waals surface area (Å²) in [4.78, 5) is 12.8. The standard InChI is InChI=1S/C10H5BrCl2OS2/c1-4-2-6(15-9(4)11)8(14)5-3-7(12)16-10(5)13/h2-3H,1H3. The van der Waals surface area contributed by atoms with Crippen LogP contribution in [0.25, 0.3) is 0 Å². The van der Waals surface area contributed by atoms with Crippen LogP contribution >= 0.6 is 61.8 Å². The fourth-order valence-electron chi connectivity index (χ4n) is 1.20. The van der Waals surface area contributed by atoms with Crippen molar-refractivity contribution in [3.63, 3.8) is 0 Å². The SMILES string of the molecule is Cc1cc(C(=O)c2cc(Cl)sc2Cl)sc1Br. The Morgan fingerprint density at radius 1 is 1.31 bits per heavy atom. The van der Waals surface area contributed by atoms with E-state index in [-0.39, 0.29) is 5.78 Å². The topological polar surface area (TPSA) is 17.1 Å². The highest BCUT2D eigenvalue weighted by Crippen LogP contribution is 2.35. The summed E-state index contributed by atoms with van der Waals surface area (Å²) < 4.78 is 1.94. The van der Waals surface area contributed by atoms with Crippen LogP contribution in [0.2, 0.25) is 8.67 Å². The first-order valence-electron chi connectivity index (χ1n) is 4.24. The molecule has 84 valence electrons. The Labute approximate surface area is 119 Å². The van der Waals surface area contributed by atoms with Crippen LogP contribution in [-0.4, -0.2) is 5.78 Å².